The van der Waals surface area contributed by atoms with Crippen LogP contribution in [0, 0.1) is 0 Å². The number of pyridine rings is 2. The first-order valence-corrected chi connectivity index (χ1v) is 8.68. The Morgan fingerprint density at radius 1 is 1.17 bits per heavy atom. The molecule has 0 aliphatic heterocycles. The van der Waals surface area contributed by atoms with Gasteiger partial charge in [-0.1, -0.05) is 18.2 Å². The fourth-order valence-corrected chi connectivity index (χ4v) is 2.98. The lowest BCUT2D eigenvalue weighted by molar-refractivity contribution is -0.141. The van der Waals surface area contributed by atoms with E-state index in [0.29, 0.717) is 0 Å². The van der Waals surface area contributed by atoms with E-state index in [2.05, 4.69) is 15.6 Å². The number of halogens is 3. The molecule has 2 heterocycles. The number of nitrogens with zero attached hydrogens (tertiary/aromatic N) is 2. The van der Waals surface area contributed by atoms with Crippen molar-refractivity contribution in [1.29, 1.82) is 0 Å². The highest BCUT2D eigenvalue weighted by Crippen LogP contribution is 2.32. The van der Waals surface area contributed by atoms with Gasteiger partial charge in [-0.25, -0.2) is 4.98 Å². The molecule has 0 spiro atoms. The second-order valence-electron chi connectivity index (χ2n) is 6.09. The number of nitrogens with two attached hydrogens (primary N) is 1. The average molecular weight is 405 g/mol. The van der Waals surface area contributed by atoms with E-state index < -0.39 is 23.3 Å². The monoisotopic (exact) mass is 405 g/mol. The van der Waals surface area contributed by atoms with E-state index in [1.54, 1.807) is 30.3 Å². The summed E-state index contributed by atoms with van der Waals surface area (Å²) in [5.74, 6) is -0.684. The van der Waals surface area contributed by atoms with Crippen LogP contribution in [-0.2, 0) is 6.18 Å². The van der Waals surface area contributed by atoms with Crippen LogP contribution in [0.25, 0.3) is 16.7 Å². The predicted molar refractivity (Wildman–Crippen MR) is 103 cm³/mol. The van der Waals surface area contributed by atoms with Crippen LogP contribution in [0.2, 0.25) is 0 Å². The normalized spacial score (nSPS) is 11.5. The van der Waals surface area contributed by atoms with Gasteiger partial charge in [-0.2, -0.15) is 13.2 Å². The third-order valence-electron chi connectivity index (χ3n) is 4.24. The molecule has 0 bridgehead atoms. The molecule has 152 valence electrons. The van der Waals surface area contributed by atoms with Gasteiger partial charge in [0.1, 0.15) is 16.9 Å². The molecule has 0 aliphatic rings. The number of hydrogen-bond donors (Lipinski definition) is 3. The number of rotatable bonds is 5. The van der Waals surface area contributed by atoms with Gasteiger partial charge in [0.15, 0.2) is 0 Å². The van der Waals surface area contributed by atoms with E-state index in [0.717, 1.165) is 10.6 Å². The maximum atomic E-state index is 13.2. The summed E-state index contributed by atoms with van der Waals surface area (Å²) < 4.78 is 40.7. The van der Waals surface area contributed by atoms with Crippen LogP contribution in [0.4, 0.5) is 18.9 Å². The fourth-order valence-electron chi connectivity index (χ4n) is 2.98. The number of alkyl halides is 3. The number of carbonyl (C=O) groups is 1. The molecule has 0 saturated heterocycles. The molecule has 0 radical (unpaired) electrons. The van der Waals surface area contributed by atoms with Crippen LogP contribution in [0.1, 0.15) is 16.1 Å². The molecule has 0 unspecified atom stereocenters. The van der Waals surface area contributed by atoms with Crippen molar-refractivity contribution in [3.8, 4) is 5.69 Å². The van der Waals surface area contributed by atoms with Crippen LogP contribution < -0.4 is 21.9 Å². The Hall–Kier alpha value is -3.40. The zero-order valence-electron chi connectivity index (χ0n) is 15.4. The Bertz CT molecular complexity index is 1110. The van der Waals surface area contributed by atoms with Crippen LogP contribution >= 0.6 is 0 Å². The summed E-state index contributed by atoms with van der Waals surface area (Å²) in [5, 5.41) is 5.47. The van der Waals surface area contributed by atoms with E-state index in [1.807, 2.05) is 0 Å². The van der Waals surface area contributed by atoms with Crippen molar-refractivity contribution in [1.82, 2.24) is 14.9 Å². The minimum Gasteiger partial charge on any atom is -0.387 e. The van der Waals surface area contributed by atoms with E-state index in [4.69, 9.17) is 5.73 Å². The van der Waals surface area contributed by atoms with Gasteiger partial charge in [-0.3, -0.25) is 14.2 Å². The molecule has 0 aliphatic carbocycles. The Labute approximate surface area is 163 Å². The second-order valence-corrected chi connectivity index (χ2v) is 6.09. The first-order chi connectivity index (χ1) is 13.8. The topological polar surface area (TPSA) is 102 Å². The SMILES string of the molecule is CNc1c(C(=O)NCCN)c(=O)n(-c2ccccc2)c2nc(C(F)(F)F)ccc12. The summed E-state index contributed by atoms with van der Waals surface area (Å²) in [7, 11) is 1.47. The minimum absolute atomic E-state index is 0.0907. The predicted octanol–water partition coefficient (Wildman–Crippen LogP) is 2.13. The molecule has 29 heavy (non-hydrogen) atoms. The van der Waals surface area contributed by atoms with Crippen LogP contribution in [0.15, 0.2) is 47.3 Å². The number of carbonyl (C=O) groups excluding carboxylic acids is 1. The maximum absolute atomic E-state index is 13.2. The van der Waals surface area contributed by atoms with Gasteiger partial charge in [-0.15, -0.1) is 0 Å². The molecule has 3 rings (SSSR count). The zero-order valence-corrected chi connectivity index (χ0v) is 15.4. The standard InChI is InChI=1S/C19H18F3N5O2/c1-24-15-12-7-8-13(19(20,21)22)26-16(12)27(11-5-3-2-4-6-11)18(29)14(15)17(28)25-10-9-23/h2-8,24H,9-10,23H2,1H3,(H,25,28). The number of amides is 1. The molecule has 7 nitrogen and oxygen atoms in total. The Balaban J connectivity index is 2.44. The van der Waals surface area contributed by atoms with Crippen molar-refractivity contribution >= 4 is 22.6 Å². The Morgan fingerprint density at radius 2 is 1.86 bits per heavy atom. The highest BCUT2D eigenvalue weighted by Gasteiger charge is 2.34. The van der Waals surface area contributed by atoms with Gasteiger partial charge in [0, 0.05) is 25.5 Å². The summed E-state index contributed by atoms with van der Waals surface area (Å²) >= 11 is 0. The lowest BCUT2D eigenvalue weighted by atomic mass is 10.1. The van der Waals surface area contributed by atoms with Gasteiger partial charge in [0.05, 0.1) is 11.4 Å². The van der Waals surface area contributed by atoms with Crippen molar-refractivity contribution in [2.24, 2.45) is 5.73 Å². The molecule has 0 fully saturated rings. The number of fused-ring (bicyclic) bond motifs is 1. The van der Waals surface area contributed by atoms with Crippen LogP contribution in [-0.4, -0.2) is 35.6 Å². The molecule has 0 atom stereocenters. The van der Waals surface area contributed by atoms with Crippen molar-refractivity contribution in [2.75, 3.05) is 25.5 Å². The molecule has 10 heteroatoms. The fraction of sp³-hybridized carbons (Fsp3) is 0.211. The molecule has 0 saturated carbocycles. The van der Waals surface area contributed by atoms with Crippen LogP contribution in [0.5, 0.6) is 0 Å². The molecule has 1 amide bonds. The molecule has 4 N–H and O–H groups in total. The second kappa shape index (κ2) is 7.92. The molecular formula is C19H18F3N5O2. The summed E-state index contributed by atoms with van der Waals surface area (Å²) in [6.07, 6.45) is -4.69. The summed E-state index contributed by atoms with van der Waals surface area (Å²) in [4.78, 5) is 29.6. The van der Waals surface area contributed by atoms with E-state index in [-0.39, 0.29) is 41.1 Å². The number of aromatic nitrogens is 2. The van der Waals surface area contributed by atoms with Crippen molar-refractivity contribution < 1.29 is 18.0 Å². The van der Waals surface area contributed by atoms with E-state index >= 15 is 0 Å². The number of benzene rings is 1. The third-order valence-corrected chi connectivity index (χ3v) is 4.24. The van der Waals surface area contributed by atoms with E-state index in [9.17, 15) is 22.8 Å². The minimum atomic E-state index is -4.69. The average Bonchev–Trinajstić information content (AvgIpc) is 2.70. The number of para-hydroxylation sites is 1. The lowest BCUT2D eigenvalue weighted by Gasteiger charge is -2.18. The zero-order chi connectivity index (χ0) is 21.2. The van der Waals surface area contributed by atoms with Crippen LogP contribution in [0.3, 0.4) is 0 Å². The lowest BCUT2D eigenvalue weighted by Crippen LogP contribution is -2.36. The molecule has 2 aromatic heterocycles. The van der Waals surface area contributed by atoms with Gasteiger partial charge in [0.2, 0.25) is 0 Å². The highest BCUT2D eigenvalue weighted by atomic mass is 19.4. The summed E-state index contributed by atoms with van der Waals surface area (Å²) in [5.41, 5.74) is 3.39. The molecule has 3 aromatic rings. The van der Waals surface area contributed by atoms with Gasteiger partial charge < -0.3 is 16.4 Å². The molecule has 1 aromatic carbocycles. The first kappa shape index (κ1) is 20.3. The smallest absolute Gasteiger partial charge is 0.387 e. The van der Waals surface area contributed by atoms with E-state index in [1.165, 1.54) is 13.1 Å². The largest absolute Gasteiger partial charge is 0.433 e. The Morgan fingerprint density at radius 3 is 2.45 bits per heavy atom. The Kier molecular flexibility index (Phi) is 5.55. The summed E-state index contributed by atoms with van der Waals surface area (Å²) in [6.45, 7) is 0.299. The number of anilines is 1. The first-order valence-electron chi connectivity index (χ1n) is 8.68. The van der Waals surface area contributed by atoms with Gasteiger partial charge >= 0.3 is 6.18 Å². The van der Waals surface area contributed by atoms with Gasteiger partial charge in [0.25, 0.3) is 11.5 Å². The number of hydrogen-bond acceptors (Lipinski definition) is 5. The van der Waals surface area contributed by atoms with Crippen molar-refractivity contribution in [3.63, 3.8) is 0 Å². The number of nitrogens with one attached hydrogen (secondary N) is 2. The maximum Gasteiger partial charge on any atom is 0.433 e. The van der Waals surface area contributed by atoms with Crippen molar-refractivity contribution in [3.05, 3.63) is 64.1 Å². The van der Waals surface area contributed by atoms with Crippen molar-refractivity contribution in [2.45, 2.75) is 6.18 Å². The summed E-state index contributed by atoms with van der Waals surface area (Å²) in [6, 6.07) is 10.0. The quantitative estimate of drug-likeness (QED) is 0.604. The molecular weight excluding hydrogens is 387 g/mol. The highest BCUT2D eigenvalue weighted by molar-refractivity contribution is 6.06. The third kappa shape index (κ3) is 3.79. The van der Waals surface area contributed by atoms with Gasteiger partial charge in [-0.05, 0) is 24.3 Å².